The lowest BCUT2D eigenvalue weighted by Crippen LogP contribution is -2.23. The van der Waals surface area contributed by atoms with Crippen molar-refractivity contribution >= 4 is 5.91 Å². The van der Waals surface area contributed by atoms with Crippen LogP contribution < -0.4 is 14.8 Å². The second-order valence-corrected chi connectivity index (χ2v) is 4.49. The summed E-state index contributed by atoms with van der Waals surface area (Å²) >= 11 is 0. The summed E-state index contributed by atoms with van der Waals surface area (Å²) in [6, 6.07) is 8.17. The standard InChI is InChI=1S/C16H15F2NO3/c1-21-12-4-6-15(22-2)11(7-12)9-19-16(20)10-3-5-13(17)14(18)8-10/h3-8H,9H2,1-2H3,(H,19,20). The van der Waals surface area contributed by atoms with Gasteiger partial charge >= 0.3 is 0 Å². The smallest absolute Gasteiger partial charge is 0.251 e. The van der Waals surface area contributed by atoms with E-state index in [0.717, 1.165) is 12.1 Å². The van der Waals surface area contributed by atoms with Gasteiger partial charge in [-0.3, -0.25) is 4.79 Å². The van der Waals surface area contributed by atoms with Crippen LogP contribution in [0.2, 0.25) is 0 Å². The Kier molecular flexibility index (Phi) is 4.93. The van der Waals surface area contributed by atoms with Gasteiger partial charge in [-0.1, -0.05) is 0 Å². The molecule has 6 heteroatoms. The fraction of sp³-hybridized carbons (Fsp3) is 0.188. The molecule has 0 radical (unpaired) electrons. The minimum Gasteiger partial charge on any atom is -0.497 e. The molecule has 0 saturated heterocycles. The van der Waals surface area contributed by atoms with Gasteiger partial charge in [0.25, 0.3) is 5.91 Å². The number of methoxy groups -OCH3 is 2. The molecule has 4 nitrogen and oxygen atoms in total. The maximum Gasteiger partial charge on any atom is 0.251 e. The molecule has 0 aliphatic rings. The molecule has 0 fully saturated rings. The molecule has 0 aromatic heterocycles. The number of hydrogen-bond donors (Lipinski definition) is 1. The Morgan fingerprint density at radius 1 is 1.05 bits per heavy atom. The molecule has 0 saturated carbocycles. The summed E-state index contributed by atoms with van der Waals surface area (Å²) in [6.07, 6.45) is 0. The fourth-order valence-electron chi connectivity index (χ4n) is 1.94. The molecule has 0 unspecified atom stereocenters. The minimum absolute atomic E-state index is 0.0424. The molecule has 116 valence electrons. The molecule has 2 aromatic carbocycles. The predicted molar refractivity (Wildman–Crippen MR) is 77.1 cm³/mol. The number of carbonyl (C=O) groups is 1. The molecule has 0 heterocycles. The van der Waals surface area contributed by atoms with Gasteiger partial charge in [-0.05, 0) is 36.4 Å². The van der Waals surface area contributed by atoms with Gasteiger partial charge in [0.1, 0.15) is 11.5 Å². The Bertz CT molecular complexity index is 689. The van der Waals surface area contributed by atoms with Crippen LogP contribution in [0.15, 0.2) is 36.4 Å². The van der Waals surface area contributed by atoms with Crippen molar-refractivity contribution in [2.45, 2.75) is 6.54 Å². The van der Waals surface area contributed by atoms with Gasteiger partial charge < -0.3 is 14.8 Å². The van der Waals surface area contributed by atoms with Crippen LogP contribution in [0, 0.1) is 11.6 Å². The molecule has 0 atom stereocenters. The molecular weight excluding hydrogens is 292 g/mol. The third-order valence-corrected chi connectivity index (χ3v) is 3.11. The third-order valence-electron chi connectivity index (χ3n) is 3.11. The number of rotatable bonds is 5. The molecule has 0 spiro atoms. The zero-order chi connectivity index (χ0) is 16.1. The minimum atomic E-state index is -1.06. The van der Waals surface area contributed by atoms with Crippen LogP contribution >= 0.6 is 0 Å². The van der Waals surface area contributed by atoms with Crippen LogP contribution in [0.5, 0.6) is 11.5 Å². The van der Waals surface area contributed by atoms with E-state index in [9.17, 15) is 13.6 Å². The number of halogens is 2. The van der Waals surface area contributed by atoms with Gasteiger partial charge in [-0.15, -0.1) is 0 Å². The first-order valence-corrected chi connectivity index (χ1v) is 6.49. The highest BCUT2D eigenvalue weighted by Gasteiger charge is 2.11. The summed E-state index contributed by atoms with van der Waals surface area (Å²) in [7, 11) is 3.05. The number of carbonyl (C=O) groups excluding carboxylic acids is 1. The summed E-state index contributed by atoms with van der Waals surface area (Å²) < 4.78 is 36.3. The van der Waals surface area contributed by atoms with Crippen LogP contribution in [0.3, 0.4) is 0 Å². The summed E-state index contributed by atoms with van der Waals surface area (Å²) in [5, 5.41) is 2.62. The number of amides is 1. The van der Waals surface area contributed by atoms with Crippen LogP contribution in [0.1, 0.15) is 15.9 Å². The monoisotopic (exact) mass is 307 g/mol. The summed E-state index contributed by atoms with van der Waals surface area (Å²) in [5.41, 5.74) is 0.749. The lowest BCUT2D eigenvalue weighted by molar-refractivity contribution is 0.0950. The van der Waals surface area contributed by atoms with Crippen LogP contribution in [0.4, 0.5) is 8.78 Å². The van der Waals surface area contributed by atoms with Crippen molar-refractivity contribution < 1.29 is 23.0 Å². The molecule has 1 amide bonds. The van der Waals surface area contributed by atoms with Gasteiger partial charge in [-0.2, -0.15) is 0 Å². The van der Waals surface area contributed by atoms with Gasteiger partial charge in [0.05, 0.1) is 14.2 Å². The highest BCUT2D eigenvalue weighted by atomic mass is 19.2. The topological polar surface area (TPSA) is 47.6 Å². The second-order valence-electron chi connectivity index (χ2n) is 4.49. The molecule has 0 bridgehead atoms. The average molecular weight is 307 g/mol. The third kappa shape index (κ3) is 3.52. The molecule has 0 aliphatic heterocycles. The van der Waals surface area contributed by atoms with Crippen molar-refractivity contribution in [2.24, 2.45) is 0 Å². The van der Waals surface area contributed by atoms with Crippen LogP contribution in [-0.4, -0.2) is 20.1 Å². The largest absolute Gasteiger partial charge is 0.497 e. The number of benzene rings is 2. The van der Waals surface area contributed by atoms with E-state index in [4.69, 9.17) is 9.47 Å². The maximum absolute atomic E-state index is 13.1. The van der Waals surface area contributed by atoms with E-state index in [1.54, 1.807) is 18.2 Å². The highest BCUT2D eigenvalue weighted by Crippen LogP contribution is 2.23. The summed E-state index contributed by atoms with van der Waals surface area (Å²) in [5.74, 6) is -1.36. The highest BCUT2D eigenvalue weighted by molar-refractivity contribution is 5.94. The second kappa shape index (κ2) is 6.89. The zero-order valence-electron chi connectivity index (χ0n) is 12.2. The molecule has 0 aliphatic carbocycles. The molecular formula is C16H15F2NO3. The van der Waals surface area contributed by atoms with E-state index >= 15 is 0 Å². The molecule has 22 heavy (non-hydrogen) atoms. The van der Waals surface area contributed by atoms with Crippen molar-refractivity contribution in [3.63, 3.8) is 0 Å². The first-order valence-electron chi connectivity index (χ1n) is 6.49. The van der Waals surface area contributed by atoms with Crippen LogP contribution in [0.25, 0.3) is 0 Å². The first-order chi connectivity index (χ1) is 10.5. The normalized spacial score (nSPS) is 10.2. The molecule has 1 N–H and O–H groups in total. The first kappa shape index (κ1) is 15.8. The fourth-order valence-corrected chi connectivity index (χ4v) is 1.94. The Balaban J connectivity index is 2.11. The Labute approximate surface area is 126 Å². The van der Waals surface area contributed by atoms with Gasteiger partial charge in [0.2, 0.25) is 0 Å². The van der Waals surface area contributed by atoms with Crippen molar-refractivity contribution in [3.8, 4) is 11.5 Å². The Morgan fingerprint density at radius 2 is 1.82 bits per heavy atom. The van der Waals surface area contributed by atoms with E-state index in [-0.39, 0.29) is 12.1 Å². The number of nitrogens with one attached hydrogen (secondary N) is 1. The molecule has 2 aromatic rings. The van der Waals surface area contributed by atoms with Gasteiger partial charge in [0, 0.05) is 17.7 Å². The summed E-state index contributed by atoms with van der Waals surface area (Å²) in [4.78, 5) is 12.0. The lowest BCUT2D eigenvalue weighted by Gasteiger charge is -2.11. The van der Waals surface area contributed by atoms with Crippen molar-refractivity contribution in [1.29, 1.82) is 0 Å². The quantitative estimate of drug-likeness (QED) is 0.924. The van der Waals surface area contributed by atoms with Crippen molar-refractivity contribution in [3.05, 3.63) is 59.2 Å². The van der Waals surface area contributed by atoms with Gasteiger partial charge in [-0.25, -0.2) is 8.78 Å². The van der Waals surface area contributed by atoms with E-state index in [0.29, 0.717) is 17.1 Å². The predicted octanol–water partition coefficient (Wildman–Crippen LogP) is 2.91. The number of ether oxygens (including phenoxy) is 2. The average Bonchev–Trinajstić information content (AvgIpc) is 2.54. The van der Waals surface area contributed by atoms with Crippen molar-refractivity contribution in [1.82, 2.24) is 5.32 Å². The van der Waals surface area contributed by atoms with E-state index in [1.165, 1.54) is 20.3 Å². The Hall–Kier alpha value is -2.63. The van der Waals surface area contributed by atoms with E-state index in [1.807, 2.05) is 0 Å². The SMILES string of the molecule is COc1ccc(OC)c(CNC(=O)c2ccc(F)c(F)c2)c1. The summed E-state index contributed by atoms with van der Waals surface area (Å²) in [6.45, 7) is 0.165. The van der Waals surface area contributed by atoms with Crippen molar-refractivity contribution in [2.75, 3.05) is 14.2 Å². The number of hydrogen-bond acceptors (Lipinski definition) is 3. The Morgan fingerprint density at radius 3 is 2.45 bits per heavy atom. The zero-order valence-corrected chi connectivity index (χ0v) is 12.2. The van der Waals surface area contributed by atoms with Gasteiger partial charge in [0.15, 0.2) is 11.6 Å². The van der Waals surface area contributed by atoms with Crippen LogP contribution in [-0.2, 0) is 6.54 Å². The van der Waals surface area contributed by atoms with E-state index in [2.05, 4.69) is 5.32 Å². The van der Waals surface area contributed by atoms with E-state index < -0.39 is 17.5 Å². The lowest BCUT2D eigenvalue weighted by atomic mass is 10.1. The maximum atomic E-state index is 13.1. The molecule has 2 rings (SSSR count).